The van der Waals surface area contributed by atoms with E-state index in [1.165, 1.54) is 103 Å². The van der Waals surface area contributed by atoms with Crippen molar-refractivity contribution in [2.24, 2.45) is 0 Å². The first-order valence-corrected chi connectivity index (χ1v) is 22.2. The van der Waals surface area contributed by atoms with E-state index >= 15 is 8.78 Å². The summed E-state index contributed by atoms with van der Waals surface area (Å²) in [5, 5.41) is 11.3. The number of ether oxygens (including phenoxy) is 4. The lowest BCUT2D eigenvalue weighted by Crippen LogP contribution is -2.74. The van der Waals surface area contributed by atoms with Crippen LogP contribution in [0.5, 0.6) is 11.5 Å². The summed E-state index contributed by atoms with van der Waals surface area (Å²) in [7, 11) is -1.35. The van der Waals surface area contributed by atoms with Gasteiger partial charge in [0.2, 0.25) is 0 Å². The number of methoxy groups -OCH3 is 2. The highest BCUT2D eigenvalue weighted by Crippen LogP contribution is 2.64. The average molecular weight is 1050 g/mol. The van der Waals surface area contributed by atoms with E-state index in [2.05, 4.69) is 5.32 Å². The molecular formula is C41H47F17N2O8Si. The van der Waals surface area contributed by atoms with Crippen molar-refractivity contribution in [1.82, 2.24) is 5.48 Å². The van der Waals surface area contributed by atoms with Crippen LogP contribution in [0.3, 0.4) is 0 Å². The van der Waals surface area contributed by atoms with Gasteiger partial charge in [-0.3, -0.25) is 15.3 Å². The first-order chi connectivity index (χ1) is 31.4. The molecule has 0 aliphatic carbocycles. The molecule has 69 heavy (non-hydrogen) atoms. The summed E-state index contributed by atoms with van der Waals surface area (Å²) in [6.07, 6.45) is -9.79. The Morgan fingerprint density at radius 2 is 1.16 bits per heavy atom. The Labute approximate surface area is 384 Å². The van der Waals surface area contributed by atoms with Crippen molar-refractivity contribution in [1.29, 1.82) is 0 Å². The van der Waals surface area contributed by atoms with E-state index < -0.39 is 117 Å². The number of carbonyl (C=O) groups is 2. The number of hydrogen-bond donors (Lipinski definition) is 3. The maximum Gasteiger partial charge on any atom is 0.460 e. The highest BCUT2D eigenvalue weighted by atomic mass is 28.4. The molecule has 0 spiro atoms. The summed E-state index contributed by atoms with van der Waals surface area (Å²) in [4.78, 5) is 24.6. The van der Waals surface area contributed by atoms with Crippen LogP contribution < -0.4 is 20.3 Å². The summed E-state index contributed by atoms with van der Waals surface area (Å²) in [6.45, 7) is 5.68. The smallest absolute Gasteiger partial charge is 0.460 e. The molecule has 10 nitrogen and oxygen atoms in total. The zero-order valence-electron chi connectivity index (χ0n) is 37.2. The first-order valence-electron chi connectivity index (χ1n) is 19.9. The lowest BCUT2D eigenvalue weighted by atomic mass is 9.88. The van der Waals surface area contributed by atoms with Crippen molar-refractivity contribution in [3.8, 4) is 11.5 Å². The third-order valence-electron chi connectivity index (χ3n) is 10.7. The molecule has 2 atom stereocenters. The number of rotatable bonds is 25. The summed E-state index contributed by atoms with van der Waals surface area (Å²) in [5.74, 6) is -57.3. The fourth-order valence-electron chi connectivity index (χ4n) is 6.60. The van der Waals surface area contributed by atoms with E-state index in [0.717, 1.165) is 6.08 Å². The highest BCUT2D eigenvalue weighted by Gasteiger charge is 2.95. The zero-order chi connectivity index (χ0) is 53.4. The maximum atomic E-state index is 15.0. The minimum atomic E-state index is -8.71. The molecule has 3 N–H and O–H groups in total. The molecular weight excluding hydrogens is 1000 g/mol. The first kappa shape index (κ1) is 60.3. The number of anilines is 1. The van der Waals surface area contributed by atoms with Gasteiger partial charge in [-0.25, -0.2) is 10.3 Å². The molecule has 0 saturated carbocycles. The van der Waals surface area contributed by atoms with Gasteiger partial charge in [0, 0.05) is 25.3 Å². The summed E-state index contributed by atoms with van der Waals surface area (Å²) < 4.78 is 264. The highest BCUT2D eigenvalue weighted by molar-refractivity contribution is 6.76. The van der Waals surface area contributed by atoms with Crippen LogP contribution in [0.1, 0.15) is 52.7 Å². The molecule has 2 aromatic carbocycles. The van der Waals surface area contributed by atoms with Crippen molar-refractivity contribution < 1.29 is 113 Å². The van der Waals surface area contributed by atoms with Crippen LogP contribution in [0.15, 0.2) is 72.3 Å². The molecule has 0 radical (unpaired) electrons. The molecule has 2 amide bonds. The summed E-state index contributed by atoms with van der Waals surface area (Å²) >= 11 is 0. The van der Waals surface area contributed by atoms with Crippen molar-refractivity contribution in [2.75, 3.05) is 32.8 Å². The molecule has 0 aliphatic heterocycles. The third kappa shape index (κ3) is 12.7. The van der Waals surface area contributed by atoms with Crippen LogP contribution in [-0.2, 0) is 18.7 Å². The minimum absolute atomic E-state index is 0.0631. The molecule has 0 unspecified atom stereocenters. The van der Waals surface area contributed by atoms with Crippen molar-refractivity contribution >= 4 is 26.0 Å². The molecule has 0 aromatic heterocycles. The second-order valence-electron chi connectivity index (χ2n) is 15.8. The molecule has 392 valence electrons. The predicted molar refractivity (Wildman–Crippen MR) is 213 cm³/mol. The molecule has 28 heteroatoms. The van der Waals surface area contributed by atoms with E-state index in [-0.39, 0.29) is 11.3 Å². The number of benzene rings is 2. The molecule has 0 fully saturated rings. The molecule has 0 heterocycles. The molecule has 0 bridgehead atoms. The Morgan fingerprint density at radius 3 is 1.61 bits per heavy atom. The van der Waals surface area contributed by atoms with Crippen molar-refractivity contribution in [3.05, 3.63) is 77.9 Å². The number of allylic oxidation sites excluding steroid dienone is 2. The van der Waals surface area contributed by atoms with E-state index in [0.29, 0.717) is 17.0 Å². The predicted octanol–water partition coefficient (Wildman–Crippen LogP) is 12.6. The van der Waals surface area contributed by atoms with Crippen LogP contribution in [0, 0.1) is 0 Å². The Morgan fingerprint density at radius 1 is 0.681 bits per heavy atom. The van der Waals surface area contributed by atoms with Crippen LogP contribution in [0.2, 0.25) is 17.1 Å². The number of halogens is 17. The molecule has 2 rings (SSSR count). The number of alkyl halides is 17. The van der Waals surface area contributed by atoms with Gasteiger partial charge in [0.1, 0.15) is 24.2 Å². The zero-order valence-corrected chi connectivity index (χ0v) is 38.2. The Bertz CT molecular complexity index is 2060. The van der Waals surface area contributed by atoms with Gasteiger partial charge in [-0.1, -0.05) is 52.0 Å². The lowest BCUT2D eigenvalue weighted by Gasteiger charge is -2.44. The third-order valence-corrected chi connectivity index (χ3v) is 16.3. The fraction of sp³-hybridized carbons (Fsp3) is 0.561. The number of nitrogens with one attached hydrogen (secondary N) is 2. The quantitative estimate of drug-likeness (QED) is 0.0171. The van der Waals surface area contributed by atoms with Gasteiger partial charge in [0.15, 0.2) is 14.4 Å². The van der Waals surface area contributed by atoms with Gasteiger partial charge in [-0.2, -0.15) is 74.6 Å². The van der Waals surface area contributed by atoms with Crippen LogP contribution >= 0.6 is 0 Å². The summed E-state index contributed by atoms with van der Waals surface area (Å²) in [5.41, 5.74) is 0.504. The number of hydrogen-bond acceptors (Lipinski definition) is 8. The summed E-state index contributed by atoms with van der Waals surface area (Å²) in [6, 6.07) is 10.3. The van der Waals surface area contributed by atoms with Gasteiger partial charge in [0.05, 0.1) is 13.7 Å². The van der Waals surface area contributed by atoms with Crippen molar-refractivity contribution in [3.63, 3.8) is 0 Å². The number of amides is 2. The van der Waals surface area contributed by atoms with Gasteiger partial charge >= 0.3 is 53.7 Å². The van der Waals surface area contributed by atoms with Crippen LogP contribution in [0.4, 0.5) is 85.1 Å². The standard InChI is InChI=1S/C41H47F17N2O8Si/c1-23(2)69(24(3)4,21-18-34(42,43)35(44,45)36(46,47)37(48,49)38(50,51)39(52,53)40(54,55)41(56,57)58)67-20-19-66-29-13-9-26(10-14-29)32(30(65-7)17-8-25(5)22-31(61)60-63)68-33(62)59-27-11-15-28(64-6)16-12-27/h8-17,22-24,30,32,63H,18-21H2,1-7H3,(H,59,62)(H,60,61)/b17-8+,25-22+/t30-,32-/m1/s1. The molecule has 0 saturated heterocycles. The Kier molecular flexibility index (Phi) is 19.7. The largest absolute Gasteiger partial charge is 0.497 e. The van der Waals surface area contributed by atoms with Crippen molar-refractivity contribution in [2.45, 2.75) is 118 Å². The molecule has 2 aromatic rings. The Balaban J connectivity index is 2.35. The second-order valence-corrected chi connectivity index (χ2v) is 20.8. The van der Waals surface area contributed by atoms with Gasteiger partial charge < -0.3 is 23.4 Å². The van der Waals surface area contributed by atoms with Crippen LogP contribution in [-0.4, -0.2) is 107 Å². The van der Waals surface area contributed by atoms with Crippen LogP contribution in [0.25, 0.3) is 0 Å². The number of carbonyl (C=O) groups excluding carboxylic acids is 2. The minimum Gasteiger partial charge on any atom is -0.497 e. The van der Waals surface area contributed by atoms with E-state index in [1.54, 1.807) is 12.1 Å². The van der Waals surface area contributed by atoms with Gasteiger partial charge in [-0.15, -0.1) is 0 Å². The monoisotopic (exact) mass is 1050 g/mol. The Hall–Kier alpha value is -4.83. The molecule has 0 aliphatic rings. The van der Waals surface area contributed by atoms with Gasteiger partial charge in [-0.05, 0) is 71.6 Å². The second kappa shape index (κ2) is 22.5. The topological polar surface area (TPSA) is 125 Å². The van der Waals surface area contributed by atoms with E-state index in [9.17, 15) is 75.4 Å². The number of hydroxylamine groups is 1. The van der Waals surface area contributed by atoms with E-state index in [4.69, 9.17) is 28.6 Å². The van der Waals surface area contributed by atoms with Gasteiger partial charge in [0.25, 0.3) is 5.91 Å². The normalized spacial score (nSPS) is 15.1. The average Bonchev–Trinajstić information content (AvgIpc) is 3.25. The SMILES string of the molecule is COc1ccc(NC(=O)O[C@H](c2ccc(OCCO[Si](CCC(F)(F)C(F)(F)C(F)(F)C(F)(F)C(F)(F)C(F)(F)C(F)(F)C(F)(F)F)(C(C)C)C(C)C)cc2)[C@@H](/C=C/C(C)=C/C(=O)NO)OC)cc1. The van der Waals surface area contributed by atoms with E-state index in [1.807, 2.05) is 0 Å². The fourth-order valence-corrected chi connectivity index (χ4v) is 11.1. The lowest BCUT2D eigenvalue weighted by molar-refractivity contribution is -0.461. The maximum absolute atomic E-state index is 15.0.